The minimum Gasteiger partial charge on any atom is -0.466 e. The maximum atomic E-state index is 11.9. The van der Waals surface area contributed by atoms with Crippen LogP contribution in [-0.2, 0) is 9.53 Å². The molecular weight excluding hydrogens is 296 g/mol. The molecule has 4 heteroatoms. The molecule has 0 amide bonds. The highest BCUT2D eigenvalue weighted by molar-refractivity contribution is 9.10. The molecule has 0 heterocycles. The molecule has 1 rings (SSSR count). The second-order valence-electron chi connectivity index (χ2n) is 4.05. The van der Waals surface area contributed by atoms with Crippen LogP contribution in [0.3, 0.4) is 0 Å². The first-order chi connectivity index (χ1) is 8.54. The van der Waals surface area contributed by atoms with Gasteiger partial charge in [0, 0.05) is 22.9 Å². The quantitative estimate of drug-likeness (QED) is 0.594. The number of Topliss-reactive ketones (excluding diaryl/α,β-unsaturated/α-hetero) is 1. The van der Waals surface area contributed by atoms with E-state index in [1.54, 1.807) is 6.92 Å². The van der Waals surface area contributed by atoms with Crippen LogP contribution in [0.4, 0.5) is 0 Å². The summed E-state index contributed by atoms with van der Waals surface area (Å²) < 4.78 is 5.74. The van der Waals surface area contributed by atoms with Gasteiger partial charge in [-0.25, -0.2) is 0 Å². The Morgan fingerprint density at radius 2 is 2.00 bits per heavy atom. The van der Waals surface area contributed by atoms with Gasteiger partial charge in [-0.3, -0.25) is 9.59 Å². The van der Waals surface area contributed by atoms with Crippen molar-refractivity contribution in [2.24, 2.45) is 0 Å². The summed E-state index contributed by atoms with van der Waals surface area (Å²) in [5.74, 6) is -0.185. The molecule has 1 aromatic rings. The van der Waals surface area contributed by atoms with Gasteiger partial charge in [-0.05, 0) is 31.9 Å². The van der Waals surface area contributed by atoms with Gasteiger partial charge in [0.15, 0.2) is 5.78 Å². The largest absolute Gasteiger partial charge is 0.466 e. The lowest BCUT2D eigenvalue weighted by Gasteiger charge is -2.04. The van der Waals surface area contributed by atoms with Crippen molar-refractivity contribution in [1.29, 1.82) is 0 Å². The first-order valence-corrected chi connectivity index (χ1v) is 6.79. The molecule has 3 nitrogen and oxygen atoms in total. The average Bonchev–Trinajstić information content (AvgIpc) is 2.33. The van der Waals surface area contributed by atoms with Crippen LogP contribution in [0.1, 0.15) is 42.1 Å². The molecule has 0 aliphatic carbocycles. The molecule has 0 fully saturated rings. The fourth-order valence-corrected chi connectivity index (χ4v) is 1.92. The Kier molecular flexibility index (Phi) is 6.05. The Hall–Kier alpha value is -1.16. The standard InChI is InChI=1S/C14H17BrO3/c1-3-18-14(17)6-4-5-13(16)11-8-7-10(2)12(15)9-11/h7-9H,3-6H2,1-2H3. The van der Waals surface area contributed by atoms with Gasteiger partial charge in [0.05, 0.1) is 6.61 Å². The minimum absolute atomic E-state index is 0.0556. The van der Waals surface area contributed by atoms with Crippen LogP contribution in [0.25, 0.3) is 0 Å². The van der Waals surface area contributed by atoms with Crippen LogP contribution < -0.4 is 0 Å². The number of halogens is 1. The monoisotopic (exact) mass is 312 g/mol. The van der Waals surface area contributed by atoms with Gasteiger partial charge in [0.25, 0.3) is 0 Å². The molecule has 18 heavy (non-hydrogen) atoms. The normalized spacial score (nSPS) is 10.2. The summed E-state index contributed by atoms with van der Waals surface area (Å²) in [6.07, 6.45) is 1.20. The molecule has 0 aliphatic heterocycles. The lowest BCUT2D eigenvalue weighted by molar-refractivity contribution is -0.143. The van der Waals surface area contributed by atoms with Crippen molar-refractivity contribution in [3.63, 3.8) is 0 Å². The SMILES string of the molecule is CCOC(=O)CCCC(=O)c1ccc(C)c(Br)c1. The first-order valence-electron chi connectivity index (χ1n) is 5.99. The van der Waals surface area contributed by atoms with E-state index in [0.29, 0.717) is 31.4 Å². The summed E-state index contributed by atoms with van der Waals surface area (Å²) in [5.41, 5.74) is 1.77. The zero-order chi connectivity index (χ0) is 13.5. The Labute approximate surface area is 116 Å². The topological polar surface area (TPSA) is 43.4 Å². The number of carbonyl (C=O) groups is 2. The minimum atomic E-state index is -0.240. The third-order valence-corrected chi connectivity index (χ3v) is 3.44. The summed E-state index contributed by atoms with van der Waals surface area (Å²) in [6.45, 7) is 4.13. The third-order valence-electron chi connectivity index (χ3n) is 2.58. The summed E-state index contributed by atoms with van der Waals surface area (Å²) in [7, 11) is 0. The van der Waals surface area contributed by atoms with E-state index in [-0.39, 0.29) is 11.8 Å². The predicted octanol–water partition coefficient (Wildman–Crippen LogP) is 3.67. The number of ketones is 1. The number of hydrogen-bond acceptors (Lipinski definition) is 3. The fourth-order valence-electron chi connectivity index (χ4n) is 1.54. The molecule has 0 radical (unpaired) electrons. The van der Waals surface area contributed by atoms with E-state index in [1.165, 1.54) is 0 Å². The van der Waals surface area contributed by atoms with E-state index < -0.39 is 0 Å². The number of benzene rings is 1. The van der Waals surface area contributed by atoms with E-state index in [9.17, 15) is 9.59 Å². The Morgan fingerprint density at radius 3 is 2.61 bits per heavy atom. The lowest BCUT2D eigenvalue weighted by Crippen LogP contribution is -2.06. The van der Waals surface area contributed by atoms with E-state index >= 15 is 0 Å². The number of hydrogen-bond donors (Lipinski definition) is 0. The molecule has 0 aliphatic rings. The summed E-state index contributed by atoms with van der Waals surface area (Å²) in [6, 6.07) is 5.54. The van der Waals surface area contributed by atoms with Gasteiger partial charge in [0.2, 0.25) is 0 Å². The van der Waals surface area contributed by atoms with Crippen molar-refractivity contribution in [2.75, 3.05) is 6.61 Å². The van der Waals surface area contributed by atoms with Gasteiger partial charge < -0.3 is 4.74 Å². The van der Waals surface area contributed by atoms with Crippen LogP contribution in [0.2, 0.25) is 0 Å². The van der Waals surface area contributed by atoms with Crippen LogP contribution >= 0.6 is 15.9 Å². The molecule has 0 unspecified atom stereocenters. The molecule has 0 aromatic heterocycles. The van der Waals surface area contributed by atoms with Gasteiger partial charge in [-0.1, -0.05) is 28.1 Å². The van der Waals surface area contributed by atoms with Gasteiger partial charge >= 0.3 is 5.97 Å². The maximum absolute atomic E-state index is 11.9. The molecule has 0 spiro atoms. The second-order valence-corrected chi connectivity index (χ2v) is 4.90. The molecule has 0 N–H and O–H groups in total. The Bertz CT molecular complexity index is 441. The van der Waals surface area contributed by atoms with Crippen LogP contribution in [-0.4, -0.2) is 18.4 Å². The molecule has 0 atom stereocenters. The highest BCUT2D eigenvalue weighted by Crippen LogP contribution is 2.19. The van der Waals surface area contributed by atoms with Crippen molar-refractivity contribution in [1.82, 2.24) is 0 Å². The molecule has 0 saturated carbocycles. The maximum Gasteiger partial charge on any atom is 0.305 e. The van der Waals surface area contributed by atoms with E-state index in [1.807, 2.05) is 25.1 Å². The van der Waals surface area contributed by atoms with E-state index in [2.05, 4.69) is 15.9 Å². The van der Waals surface area contributed by atoms with Crippen molar-refractivity contribution in [3.8, 4) is 0 Å². The molecule has 1 aromatic carbocycles. The van der Waals surface area contributed by atoms with Crippen LogP contribution in [0, 0.1) is 6.92 Å². The summed E-state index contributed by atoms with van der Waals surface area (Å²) in [5, 5.41) is 0. The third kappa shape index (κ3) is 4.61. The van der Waals surface area contributed by atoms with Crippen LogP contribution in [0.15, 0.2) is 22.7 Å². The Balaban J connectivity index is 2.45. The molecule has 0 saturated heterocycles. The number of rotatable bonds is 6. The fraction of sp³-hybridized carbons (Fsp3) is 0.429. The van der Waals surface area contributed by atoms with Gasteiger partial charge in [-0.2, -0.15) is 0 Å². The van der Waals surface area contributed by atoms with Crippen molar-refractivity contribution >= 4 is 27.7 Å². The Morgan fingerprint density at radius 1 is 1.28 bits per heavy atom. The van der Waals surface area contributed by atoms with Crippen molar-refractivity contribution in [3.05, 3.63) is 33.8 Å². The lowest BCUT2D eigenvalue weighted by atomic mass is 10.0. The number of aryl methyl sites for hydroxylation is 1. The number of esters is 1. The van der Waals surface area contributed by atoms with E-state index in [4.69, 9.17) is 4.74 Å². The van der Waals surface area contributed by atoms with Crippen LogP contribution in [0.5, 0.6) is 0 Å². The molecule has 98 valence electrons. The van der Waals surface area contributed by atoms with Crippen molar-refractivity contribution < 1.29 is 14.3 Å². The highest BCUT2D eigenvalue weighted by Gasteiger charge is 2.09. The molecular formula is C14H17BrO3. The number of ether oxygens (including phenoxy) is 1. The highest BCUT2D eigenvalue weighted by atomic mass is 79.9. The average molecular weight is 313 g/mol. The van der Waals surface area contributed by atoms with Gasteiger partial charge in [0.1, 0.15) is 0 Å². The second kappa shape index (κ2) is 7.31. The zero-order valence-electron chi connectivity index (χ0n) is 10.7. The zero-order valence-corrected chi connectivity index (χ0v) is 12.2. The smallest absolute Gasteiger partial charge is 0.305 e. The van der Waals surface area contributed by atoms with E-state index in [0.717, 1.165) is 10.0 Å². The first kappa shape index (κ1) is 14.9. The van der Waals surface area contributed by atoms with Crippen molar-refractivity contribution in [2.45, 2.75) is 33.1 Å². The number of carbonyl (C=O) groups excluding carboxylic acids is 2. The predicted molar refractivity (Wildman–Crippen MR) is 73.7 cm³/mol. The summed E-state index contributed by atoms with van der Waals surface area (Å²) in [4.78, 5) is 23.0. The summed E-state index contributed by atoms with van der Waals surface area (Å²) >= 11 is 3.40. The molecule has 0 bridgehead atoms. The van der Waals surface area contributed by atoms with Gasteiger partial charge in [-0.15, -0.1) is 0 Å².